The van der Waals surface area contributed by atoms with E-state index in [2.05, 4.69) is 10.6 Å². The monoisotopic (exact) mass is 501 g/mol. The lowest BCUT2D eigenvalue weighted by molar-refractivity contribution is -0.873. The van der Waals surface area contributed by atoms with E-state index in [0.717, 1.165) is 12.8 Å². The Labute approximate surface area is 211 Å². The summed E-state index contributed by atoms with van der Waals surface area (Å²) in [5.74, 6) is -1.03. The number of rotatable bonds is 10. The van der Waals surface area contributed by atoms with Gasteiger partial charge in [0.2, 0.25) is 11.8 Å². The lowest BCUT2D eigenvalue weighted by atomic mass is 9.89. The molecule has 34 heavy (non-hydrogen) atoms. The maximum atomic E-state index is 11.9. The molecule has 8 nitrogen and oxygen atoms in total. The van der Waals surface area contributed by atoms with Gasteiger partial charge in [-0.15, -0.1) is 0 Å². The van der Waals surface area contributed by atoms with Crippen molar-refractivity contribution in [3.8, 4) is 0 Å². The average molecular weight is 502 g/mol. The lowest BCUT2D eigenvalue weighted by Crippen LogP contribution is -3.00. The summed E-state index contributed by atoms with van der Waals surface area (Å²) in [5, 5.41) is 24.0. The molecular formula is C25H44ClN3O5. The topological polar surface area (TPSA) is 116 Å². The van der Waals surface area contributed by atoms with Gasteiger partial charge in [-0.2, -0.15) is 0 Å². The van der Waals surface area contributed by atoms with Crippen LogP contribution in [0, 0.1) is 10.8 Å². The fraction of sp³-hybridized carbons (Fsp3) is 0.640. The molecule has 0 aliphatic heterocycles. The molecule has 1 aromatic carbocycles. The Morgan fingerprint density at radius 2 is 1.35 bits per heavy atom. The molecule has 0 saturated heterocycles. The maximum Gasteiger partial charge on any atom is 0.335 e. The van der Waals surface area contributed by atoms with E-state index in [9.17, 15) is 19.5 Å². The van der Waals surface area contributed by atoms with Crippen LogP contribution in [-0.4, -0.2) is 72.8 Å². The fourth-order valence-corrected chi connectivity index (χ4v) is 2.46. The van der Waals surface area contributed by atoms with E-state index >= 15 is 0 Å². The summed E-state index contributed by atoms with van der Waals surface area (Å²) in [4.78, 5) is 34.2. The fourth-order valence-electron chi connectivity index (χ4n) is 2.46. The van der Waals surface area contributed by atoms with Crippen LogP contribution < -0.4 is 23.0 Å². The number of nitrogens with one attached hydrogen (secondary N) is 2. The predicted octanol–water partition coefficient (Wildman–Crippen LogP) is 0.369. The number of amides is 2. The first-order valence-electron chi connectivity index (χ1n) is 11.4. The molecule has 0 aliphatic carbocycles. The second kappa shape index (κ2) is 14.3. The third-order valence-corrected chi connectivity index (χ3v) is 5.64. The van der Waals surface area contributed by atoms with Crippen LogP contribution in [0.3, 0.4) is 0 Å². The first-order chi connectivity index (χ1) is 14.9. The summed E-state index contributed by atoms with van der Waals surface area (Å²) in [6.07, 6.45) is 1.05. The molecule has 0 fully saturated rings. The van der Waals surface area contributed by atoms with Crippen LogP contribution in [0.2, 0.25) is 0 Å². The normalized spacial score (nSPS) is 12.4. The van der Waals surface area contributed by atoms with Crippen LogP contribution in [0.4, 0.5) is 5.69 Å². The smallest absolute Gasteiger partial charge is 0.335 e. The molecule has 0 spiro atoms. The number of aliphatic hydroxyl groups excluding tert-OH is 1. The van der Waals surface area contributed by atoms with Crippen molar-refractivity contribution in [1.82, 2.24) is 5.32 Å². The van der Waals surface area contributed by atoms with Crippen molar-refractivity contribution in [2.75, 3.05) is 39.5 Å². The molecular weight excluding hydrogens is 458 g/mol. The second-order valence-electron chi connectivity index (χ2n) is 10.6. The van der Waals surface area contributed by atoms with Crippen molar-refractivity contribution in [2.24, 2.45) is 10.8 Å². The summed E-state index contributed by atoms with van der Waals surface area (Å²) in [6.45, 7) is 12.5. The molecule has 0 saturated carbocycles. The van der Waals surface area contributed by atoms with Crippen LogP contribution in [0.5, 0.6) is 0 Å². The van der Waals surface area contributed by atoms with Gasteiger partial charge in [0.1, 0.15) is 12.6 Å². The highest BCUT2D eigenvalue weighted by Gasteiger charge is 2.26. The van der Waals surface area contributed by atoms with Crippen LogP contribution >= 0.6 is 0 Å². The number of benzene rings is 1. The number of anilines is 1. The number of halogens is 1. The number of nitrogens with zero attached hydrogens (tertiary/aromatic N) is 1. The highest BCUT2D eigenvalue weighted by Crippen LogP contribution is 2.22. The number of carboxylic acids is 1. The Bertz CT molecular complexity index is 787. The van der Waals surface area contributed by atoms with Crippen LogP contribution in [0.15, 0.2) is 24.3 Å². The molecule has 1 rings (SSSR count). The zero-order valence-corrected chi connectivity index (χ0v) is 22.9. The van der Waals surface area contributed by atoms with Crippen LogP contribution in [0.1, 0.15) is 64.7 Å². The van der Waals surface area contributed by atoms with E-state index in [1.165, 1.54) is 12.1 Å². The van der Waals surface area contributed by atoms with E-state index in [1.807, 2.05) is 62.7 Å². The Kier molecular flexibility index (Phi) is 14.3. The maximum absolute atomic E-state index is 11.9. The first kappa shape index (κ1) is 34.0. The number of carbonyl (C=O) groups excluding carboxylic acids is 2. The number of carbonyl (C=O) groups is 3. The van der Waals surface area contributed by atoms with Crippen molar-refractivity contribution in [2.45, 2.75) is 60.5 Å². The number of hydrogen-bond donors (Lipinski definition) is 4. The largest absolute Gasteiger partial charge is 1.00 e. The van der Waals surface area contributed by atoms with Gasteiger partial charge in [-0.05, 0) is 37.1 Å². The van der Waals surface area contributed by atoms with Crippen molar-refractivity contribution in [3.05, 3.63) is 29.8 Å². The van der Waals surface area contributed by atoms with Gasteiger partial charge < -0.3 is 37.7 Å². The summed E-state index contributed by atoms with van der Waals surface area (Å²) >= 11 is 0. The molecule has 0 aliphatic rings. The summed E-state index contributed by atoms with van der Waals surface area (Å²) in [7, 11) is 6.04. The molecule has 0 bridgehead atoms. The van der Waals surface area contributed by atoms with E-state index in [-0.39, 0.29) is 35.2 Å². The summed E-state index contributed by atoms with van der Waals surface area (Å²) in [5.41, 5.74) is 0.0428. The highest BCUT2D eigenvalue weighted by molar-refractivity contribution is 5.95. The number of hydrogen-bond acceptors (Lipinski definition) is 4. The van der Waals surface area contributed by atoms with Crippen molar-refractivity contribution < 1.29 is 41.5 Å². The van der Waals surface area contributed by atoms with Gasteiger partial charge in [-0.25, -0.2) is 4.79 Å². The Balaban J connectivity index is 0. The Hall–Kier alpha value is -2.16. The average Bonchev–Trinajstić information content (AvgIpc) is 2.71. The molecule has 0 heterocycles. The van der Waals surface area contributed by atoms with Crippen LogP contribution in [0.25, 0.3) is 0 Å². The zero-order chi connectivity index (χ0) is 26.0. The molecule has 1 unspecified atom stereocenters. The molecule has 4 N–H and O–H groups in total. The highest BCUT2D eigenvalue weighted by atomic mass is 35.5. The molecule has 2 amide bonds. The second-order valence-corrected chi connectivity index (χ2v) is 10.6. The van der Waals surface area contributed by atoms with Gasteiger partial charge in [-0.3, -0.25) is 9.59 Å². The minimum Gasteiger partial charge on any atom is -1.00 e. The predicted molar refractivity (Wildman–Crippen MR) is 132 cm³/mol. The zero-order valence-electron chi connectivity index (χ0n) is 22.2. The number of likely N-dealkylation sites (N-methyl/N-ethyl adjacent to an activating group) is 1. The molecule has 0 aromatic heterocycles. The van der Waals surface area contributed by atoms with Gasteiger partial charge >= 0.3 is 5.97 Å². The van der Waals surface area contributed by atoms with Crippen molar-refractivity contribution >= 4 is 23.5 Å². The summed E-state index contributed by atoms with van der Waals surface area (Å²) in [6, 6.07) is 6.12. The van der Waals surface area contributed by atoms with E-state index in [1.54, 1.807) is 12.1 Å². The minimum absolute atomic E-state index is 0. The molecule has 1 atom stereocenters. The van der Waals surface area contributed by atoms with Crippen LogP contribution in [-0.2, 0) is 9.59 Å². The lowest BCUT2D eigenvalue weighted by Gasteiger charge is -2.28. The molecule has 9 heteroatoms. The number of aromatic carboxylic acids is 1. The number of carboxylic acid groups (broad SMARTS) is 1. The van der Waals surface area contributed by atoms with Gasteiger partial charge in [0, 0.05) is 23.1 Å². The Morgan fingerprint density at radius 3 is 1.74 bits per heavy atom. The molecule has 196 valence electrons. The van der Waals surface area contributed by atoms with E-state index < -0.39 is 17.5 Å². The third-order valence-electron chi connectivity index (χ3n) is 5.64. The van der Waals surface area contributed by atoms with Crippen molar-refractivity contribution in [3.63, 3.8) is 0 Å². The van der Waals surface area contributed by atoms with E-state index in [4.69, 9.17) is 5.11 Å². The van der Waals surface area contributed by atoms with Gasteiger partial charge in [-0.1, -0.05) is 41.5 Å². The molecule has 0 radical (unpaired) electrons. The number of aliphatic hydroxyl groups is 1. The van der Waals surface area contributed by atoms with Gasteiger partial charge in [0.25, 0.3) is 0 Å². The summed E-state index contributed by atoms with van der Waals surface area (Å²) < 4.78 is 0.689. The number of quaternary nitrogens is 1. The van der Waals surface area contributed by atoms with Gasteiger partial charge in [0.15, 0.2) is 0 Å². The van der Waals surface area contributed by atoms with Gasteiger partial charge in [0.05, 0.1) is 26.7 Å². The Morgan fingerprint density at radius 1 is 0.912 bits per heavy atom. The minimum atomic E-state index is -0.975. The van der Waals surface area contributed by atoms with E-state index in [0.29, 0.717) is 23.3 Å². The SMILES string of the molecule is CCC(C)(C)C(=O)NCC(O)C[N+](C)(C)C.CCC(C)(C)C(=O)Nc1ccc(C(=O)O)cc1.[Cl-]. The third kappa shape index (κ3) is 12.9. The van der Waals surface area contributed by atoms with Crippen molar-refractivity contribution in [1.29, 1.82) is 0 Å². The first-order valence-corrected chi connectivity index (χ1v) is 11.4. The quantitative estimate of drug-likeness (QED) is 0.346. The molecule has 1 aromatic rings. The standard InChI is InChI=1S/C13H17NO3.C12H26N2O2.ClH/c1-4-13(2,3)12(17)14-10-7-5-9(6-8-10)11(15)16;1-7-12(2,3)11(16)13-8-10(15)9-14(4,5)6;/h5-8H,4H2,1-3H3,(H,14,17)(H,15,16);10,15H,7-9H2,1-6H3;1H.